The minimum absolute atomic E-state index is 0.0748. The van der Waals surface area contributed by atoms with Gasteiger partial charge < -0.3 is 14.5 Å². The zero-order valence-corrected chi connectivity index (χ0v) is 12.3. The van der Waals surface area contributed by atoms with Crippen molar-refractivity contribution in [2.45, 2.75) is 13.3 Å². The van der Waals surface area contributed by atoms with Crippen LogP contribution >= 0.6 is 0 Å². The number of carbonyl (C=O) groups is 1. The number of aromatic nitrogens is 2. The topological polar surface area (TPSA) is 77.2 Å². The quantitative estimate of drug-likeness (QED) is 0.800. The summed E-state index contributed by atoms with van der Waals surface area (Å²) in [5, 5.41) is 2.69. The van der Waals surface area contributed by atoms with Crippen molar-refractivity contribution >= 4 is 22.8 Å². The summed E-state index contributed by atoms with van der Waals surface area (Å²) in [6.45, 7) is 1.79. The zero-order chi connectivity index (χ0) is 15.5. The number of nitrogens with one attached hydrogen (secondary N) is 1. The highest BCUT2D eigenvalue weighted by molar-refractivity contribution is 5.89. The van der Waals surface area contributed by atoms with Crippen LogP contribution in [-0.4, -0.2) is 23.0 Å². The minimum Gasteiger partial charge on any atom is -0.497 e. The van der Waals surface area contributed by atoms with Crippen LogP contribution in [0.2, 0.25) is 0 Å². The number of methoxy groups -OCH3 is 1. The van der Waals surface area contributed by atoms with Crippen molar-refractivity contribution in [1.29, 1.82) is 0 Å². The lowest BCUT2D eigenvalue weighted by atomic mass is 10.3. The Morgan fingerprint density at radius 1 is 1.32 bits per heavy atom. The van der Waals surface area contributed by atoms with E-state index in [1.54, 1.807) is 38.4 Å². The number of fused-ring (bicyclic) bond motifs is 1. The highest BCUT2D eigenvalue weighted by Crippen LogP contribution is 2.27. The summed E-state index contributed by atoms with van der Waals surface area (Å²) in [5.41, 5.74) is 2.14. The van der Waals surface area contributed by atoms with Gasteiger partial charge in [0.25, 0.3) is 0 Å². The molecule has 3 aromatic rings. The van der Waals surface area contributed by atoms with Crippen molar-refractivity contribution < 1.29 is 13.9 Å². The summed E-state index contributed by atoms with van der Waals surface area (Å²) >= 11 is 0. The molecule has 1 amide bonds. The van der Waals surface area contributed by atoms with Crippen LogP contribution in [0.3, 0.4) is 0 Å². The molecule has 6 heteroatoms. The highest BCUT2D eigenvalue weighted by atomic mass is 16.5. The predicted molar refractivity (Wildman–Crippen MR) is 82.7 cm³/mol. The van der Waals surface area contributed by atoms with E-state index in [4.69, 9.17) is 9.15 Å². The maximum atomic E-state index is 11.3. The van der Waals surface area contributed by atoms with Gasteiger partial charge >= 0.3 is 0 Å². The molecule has 0 aliphatic heterocycles. The fourth-order valence-corrected chi connectivity index (χ4v) is 1.98. The molecule has 0 saturated heterocycles. The summed E-state index contributed by atoms with van der Waals surface area (Å²) in [4.78, 5) is 19.9. The fourth-order valence-electron chi connectivity index (χ4n) is 1.98. The summed E-state index contributed by atoms with van der Waals surface area (Å²) in [6, 6.07) is 8.98. The Labute approximate surface area is 127 Å². The number of carbonyl (C=O) groups excluding carboxylic acids is 1. The van der Waals surface area contributed by atoms with E-state index >= 15 is 0 Å². The van der Waals surface area contributed by atoms with E-state index in [-0.39, 0.29) is 5.91 Å². The van der Waals surface area contributed by atoms with Crippen molar-refractivity contribution in [3.05, 3.63) is 36.5 Å². The Morgan fingerprint density at radius 3 is 2.86 bits per heavy atom. The molecule has 0 bridgehead atoms. The monoisotopic (exact) mass is 297 g/mol. The van der Waals surface area contributed by atoms with Gasteiger partial charge in [0.15, 0.2) is 5.58 Å². The van der Waals surface area contributed by atoms with Gasteiger partial charge in [-0.2, -0.15) is 0 Å². The normalized spacial score (nSPS) is 10.6. The first-order valence-corrected chi connectivity index (χ1v) is 6.90. The highest BCUT2D eigenvalue weighted by Gasteiger charge is 2.10. The molecular weight excluding hydrogens is 282 g/mol. The molecule has 112 valence electrons. The van der Waals surface area contributed by atoms with Crippen molar-refractivity contribution in [2.75, 3.05) is 12.4 Å². The molecule has 0 spiro atoms. The van der Waals surface area contributed by atoms with Crippen molar-refractivity contribution in [3.63, 3.8) is 0 Å². The van der Waals surface area contributed by atoms with E-state index < -0.39 is 0 Å². The van der Waals surface area contributed by atoms with Gasteiger partial charge in [-0.15, -0.1) is 0 Å². The second kappa shape index (κ2) is 5.85. The van der Waals surface area contributed by atoms with E-state index in [9.17, 15) is 4.79 Å². The molecule has 0 aliphatic carbocycles. The van der Waals surface area contributed by atoms with Gasteiger partial charge in [-0.25, -0.2) is 9.97 Å². The van der Waals surface area contributed by atoms with Gasteiger partial charge in [0, 0.05) is 18.7 Å². The van der Waals surface area contributed by atoms with Gasteiger partial charge in [0.2, 0.25) is 11.8 Å². The van der Waals surface area contributed by atoms with Gasteiger partial charge in [0.05, 0.1) is 12.7 Å². The third kappa shape index (κ3) is 2.76. The van der Waals surface area contributed by atoms with Gasteiger partial charge in [-0.05, 0) is 24.3 Å². The lowest BCUT2D eigenvalue weighted by Gasteiger charge is -2.02. The number of rotatable bonds is 4. The Balaban J connectivity index is 1.88. The summed E-state index contributed by atoms with van der Waals surface area (Å²) in [5.74, 6) is 1.62. The summed E-state index contributed by atoms with van der Waals surface area (Å²) in [6.07, 6.45) is 2.03. The number of hydrogen-bond acceptors (Lipinski definition) is 5. The van der Waals surface area contributed by atoms with Crippen LogP contribution in [0.25, 0.3) is 22.6 Å². The third-order valence-electron chi connectivity index (χ3n) is 3.19. The van der Waals surface area contributed by atoms with Crippen LogP contribution in [0.4, 0.5) is 5.82 Å². The van der Waals surface area contributed by atoms with E-state index in [0.29, 0.717) is 29.5 Å². The number of amides is 1. The molecule has 2 heterocycles. The largest absolute Gasteiger partial charge is 0.497 e. The zero-order valence-electron chi connectivity index (χ0n) is 12.3. The average molecular weight is 297 g/mol. The van der Waals surface area contributed by atoms with Crippen molar-refractivity contribution in [3.8, 4) is 17.2 Å². The molecule has 0 unspecified atom stereocenters. The number of anilines is 1. The van der Waals surface area contributed by atoms with Crippen LogP contribution in [0.1, 0.15) is 13.3 Å². The first-order valence-electron chi connectivity index (χ1n) is 6.90. The molecule has 3 rings (SSSR count). The predicted octanol–water partition coefficient (Wildman–Crippen LogP) is 3.25. The van der Waals surface area contributed by atoms with E-state index in [0.717, 1.165) is 11.1 Å². The maximum Gasteiger partial charge on any atom is 0.228 e. The maximum absolute atomic E-state index is 11.3. The molecular formula is C16H15N3O3. The van der Waals surface area contributed by atoms with Gasteiger partial charge in [-0.1, -0.05) is 6.92 Å². The lowest BCUT2D eigenvalue weighted by Crippen LogP contribution is -2.10. The fraction of sp³-hybridized carbons (Fsp3) is 0.188. The molecule has 1 N–H and O–H groups in total. The first kappa shape index (κ1) is 14.1. The standard InChI is InChI=1S/C16H15N3O3/c1-3-15(20)19-14-7-4-10(9-17-14)16-18-12-6-5-11(21-2)8-13(12)22-16/h4-9H,3H2,1-2H3,(H,17,19,20). The Bertz CT molecular complexity index is 809. The van der Waals surface area contributed by atoms with Crippen molar-refractivity contribution in [1.82, 2.24) is 9.97 Å². The second-order valence-corrected chi connectivity index (χ2v) is 4.69. The van der Waals surface area contributed by atoms with Gasteiger partial charge in [-0.3, -0.25) is 4.79 Å². The molecule has 0 fully saturated rings. The number of pyridine rings is 1. The Kier molecular flexibility index (Phi) is 3.74. The molecule has 0 atom stereocenters. The van der Waals surface area contributed by atoms with Crippen LogP contribution in [0.5, 0.6) is 5.75 Å². The first-order chi connectivity index (χ1) is 10.7. The Hall–Kier alpha value is -2.89. The van der Waals surface area contributed by atoms with Crippen LogP contribution in [0, 0.1) is 0 Å². The van der Waals surface area contributed by atoms with E-state index in [1.165, 1.54) is 0 Å². The SMILES string of the molecule is CCC(=O)Nc1ccc(-c2nc3ccc(OC)cc3o2)cn1. The van der Waals surface area contributed by atoms with E-state index in [1.807, 2.05) is 12.1 Å². The van der Waals surface area contributed by atoms with Crippen LogP contribution in [0.15, 0.2) is 40.9 Å². The van der Waals surface area contributed by atoms with Gasteiger partial charge in [0.1, 0.15) is 17.1 Å². The molecule has 22 heavy (non-hydrogen) atoms. The molecule has 0 saturated carbocycles. The molecule has 1 aromatic carbocycles. The second-order valence-electron chi connectivity index (χ2n) is 4.69. The van der Waals surface area contributed by atoms with Crippen molar-refractivity contribution in [2.24, 2.45) is 0 Å². The number of nitrogens with zero attached hydrogens (tertiary/aromatic N) is 2. The number of ether oxygens (including phenoxy) is 1. The summed E-state index contributed by atoms with van der Waals surface area (Å²) in [7, 11) is 1.60. The molecule has 0 aliphatic rings. The lowest BCUT2D eigenvalue weighted by molar-refractivity contribution is -0.115. The van der Waals surface area contributed by atoms with Crippen LogP contribution in [-0.2, 0) is 4.79 Å². The van der Waals surface area contributed by atoms with E-state index in [2.05, 4.69) is 15.3 Å². The third-order valence-corrected chi connectivity index (χ3v) is 3.19. The van der Waals surface area contributed by atoms with Crippen LogP contribution < -0.4 is 10.1 Å². The number of oxazole rings is 1. The summed E-state index contributed by atoms with van der Waals surface area (Å²) < 4.78 is 10.9. The molecule has 2 aromatic heterocycles. The Morgan fingerprint density at radius 2 is 2.18 bits per heavy atom. The smallest absolute Gasteiger partial charge is 0.228 e. The number of benzene rings is 1. The average Bonchev–Trinajstić information content (AvgIpc) is 2.98. The molecule has 0 radical (unpaired) electrons. The molecule has 6 nitrogen and oxygen atoms in total. The number of hydrogen-bond donors (Lipinski definition) is 1. The minimum atomic E-state index is -0.0748.